The van der Waals surface area contributed by atoms with E-state index in [1.54, 1.807) is 0 Å². The van der Waals surface area contributed by atoms with Gasteiger partial charge in [-0.05, 0) is 64.2 Å². The van der Waals surface area contributed by atoms with Gasteiger partial charge in [-0.1, -0.05) is 141 Å². The fraction of sp³-hybridized carbons (Fsp3) is 0.875. The highest BCUT2D eigenvalue weighted by molar-refractivity contribution is 7.47. The topological polar surface area (TPSA) is 117 Å². The van der Waals surface area contributed by atoms with Crippen molar-refractivity contribution in [2.24, 2.45) is 5.73 Å². The van der Waals surface area contributed by atoms with Crippen LogP contribution in [0, 0.1) is 0 Å². The van der Waals surface area contributed by atoms with Gasteiger partial charge in [0.15, 0.2) is 0 Å². The molecule has 0 spiro atoms. The Morgan fingerprint density at radius 1 is 0.592 bits per heavy atom. The molecule has 290 valence electrons. The van der Waals surface area contributed by atoms with E-state index in [4.69, 9.17) is 24.3 Å². The average molecular weight is 716 g/mol. The Morgan fingerprint density at radius 2 is 1.02 bits per heavy atom. The number of phosphoric ester groups is 1. The molecule has 0 aliphatic heterocycles. The van der Waals surface area contributed by atoms with Crippen molar-refractivity contribution in [3.05, 3.63) is 24.3 Å². The van der Waals surface area contributed by atoms with Gasteiger partial charge in [0.1, 0.15) is 6.10 Å². The van der Waals surface area contributed by atoms with E-state index in [1.165, 1.54) is 122 Å². The molecule has 0 fully saturated rings. The van der Waals surface area contributed by atoms with Crippen LogP contribution in [0.2, 0.25) is 0 Å². The van der Waals surface area contributed by atoms with E-state index >= 15 is 0 Å². The lowest BCUT2D eigenvalue weighted by atomic mass is 10.1. The van der Waals surface area contributed by atoms with E-state index in [-0.39, 0.29) is 32.3 Å². The highest BCUT2D eigenvalue weighted by Gasteiger charge is 2.25. The molecule has 0 rings (SSSR count). The second-order valence-corrected chi connectivity index (χ2v) is 14.9. The van der Waals surface area contributed by atoms with E-state index in [1.807, 2.05) is 0 Å². The molecule has 0 aliphatic rings. The SMILES string of the molecule is CCCCC/C=C\CCCCCCCC(=O)OC(COCCCCCCCCCC/C=C\CCCCCCCC)COP(=O)(O)OCCN. The molecular formula is C40H78NO7P. The van der Waals surface area contributed by atoms with Gasteiger partial charge in [-0.3, -0.25) is 13.8 Å². The van der Waals surface area contributed by atoms with Crippen LogP contribution in [0.25, 0.3) is 0 Å². The molecule has 2 atom stereocenters. The molecule has 2 unspecified atom stereocenters. The summed E-state index contributed by atoms with van der Waals surface area (Å²) in [7, 11) is -4.27. The van der Waals surface area contributed by atoms with E-state index in [0.717, 1.165) is 44.9 Å². The van der Waals surface area contributed by atoms with Gasteiger partial charge in [-0.25, -0.2) is 4.57 Å². The van der Waals surface area contributed by atoms with Crippen molar-refractivity contribution >= 4 is 13.8 Å². The van der Waals surface area contributed by atoms with Crippen molar-refractivity contribution in [2.45, 2.75) is 193 Å². The number of rotatable bonds is 39. The predicted octanol–water partition coefficient (Wildman–Crippen LogP) is 11.7. The number of esters is 1. The summed E-state index contributed by atoms with van der Waals surface area (Å²) in [6.07, 6.45) is 40.5. The zero-order chi connectivity index (χ0) is 35.9. The van der Waals surface area contributed by atoms with Crippen molar-refractivity contribution < 1.29 is 32.8 Å². The van der Waals surface area contributed by atoms with Crippen LogP contribution in [0.1, 0.15) is 187 Å². The fourth-order valence-corrected chi connectivity index (χ4v) is 6.34. The molecule has 0 aromatic heterocycles. The Labute approximate surface area is 302 Å². The Morgan fingerprint density at radius 3 is 1.53 bits per heavy atom. The smallest absolute Gasteiger partial charge is 0.457 e. The molecule has 0 heterocycles. The number of ether oxygens (including phenoxy) is 2. The molecular weight excluding hydrogens is 637 g/mol. The summed E-state index contributed by atoms with van der Waals surface area (Å²) in [5, 5.41) is 0. The number of unbranched alkanes of at least 4 members (excludes halogenated alkanes) is 22. The van der Waals surface area contributed by atoms with Crippen molar-refractivity contribution in [3.8, 4) is 0 Å². The van der Waals surface area contributed by atoms with Crippen LogP contribution >= 0.6 is 7.82 Å². The van der Waals surface area contributed by atoms with E-state index in [2.05, 4.69) is 38.2 Å². The molecule has 3 N–H and O–H groups in total. The number of phosphoric acid groups is 1. The molecule has 0 bridgehead atoms. The lowest BCUT2D eigenvalue weighted by molar-refractivity contribution is -0.154. The second kappa shape index (κ2) is 38.2. The lowest BCUT2D eigenvalue weighted by Gasteiger charge is -2.20. The van der Waals surface area contributed by atoms with Crippen molar-refractivity contribution in [1.29, 1.82) is 0 Å². The van der Waals surface area contributed by atoms with E-state index in [0.29, 0.717) is 13.0 Å². The third kappa shape index (κ3) is 38.1. The van der Waals surface area contributed by atoms with Gasteiger partial charge in [0.2, 0.25) is 0 Å². The normalized spacial score (nSPS) is 13.8. The largest absolute Gasteiger partial charge is 0.472 e. The molecule has 0 aliphatic carbocycles. The summed E-state index contributed by atoms with van der Waals surface area (Å²) >= 11 is 0. The number of carbonyl (C=O) groups is 1. The summed E-state index contributed by atoms with van der Waals surface area (Å²) in [6.45, 7) is 4.89. The first-order valence-corrected chi connectivity index (χ1v) is 21.8. The highest BCUT2D eigenvalue weighted by Crippen LogP contribution is 2.43. The summed E-state index contributed by atoms with van der Waals surface area (Å²) in [6, 6.07) is 0. The quantitative estimate of drug-likeness (QED) is 0.0279. The third-order valence-electron chi connectivity index (χ3n) is 8.59. The van der Waals surface area contributed by atoms with Gasteiger partial charge in [-0.15, -0.1) is 0 Å². The predicted molar refractivity (Wildman–Crippen MR) is 206 cm³/mol. The van der Waals surface area contributed by atoms with Crippen LogP contribution in [-0.2, 0) is 27.9 Å². The van der Waals surface area contributed by atoms with Crippen molar-refractivity contribution in [1.82, 2.24) is 0 Å². The van der Waals surface area contributed by atoms with Crippen LogP contribution < -0.4 is 5.73 Å². The molecule has 0 amide bonds. The van der Waals surface area contributed by atoms with E-state index in [9.17, 15) is 14.3 Å². The van der Waals surface area contributed by atoms with Crippen LogP contribution in [0.15, 0.2) is 24.3 Å². The molecule has 8 nitrogen and oxygen atoms in total. The van der Waals surface area contributed by atoms with Crippen molar-refractivity contribution in [3.63, 3.8) is 0 Å². The maximum absolute atomic E-state index is 12.5. The molecule has 0 aromatic rings. The molecule has 0 aromatic carbocycles. The summed E-state index contributed by atoms with van der Waals surface area (Å²) in [5.74, 6) is -0.341. The van der Waals surface area contributed by atoms with Gasteiger partial charge in [0, 0.05) is 19.6 Å². The number of allylic oxidation sites excluding steroid dienone is 4. The first-order chi connectivity index (χ1) is 23.9. The molecule has 9 heteroatoms. The third-order valence-corrected chi connectivity index (χ3v) is 9.58. The summed E-state index contributed by atoms with van der Waals surface area (Å²) in [4.78, 5) is 22.4. The zero-order valence-electron chi connectivity index (χ0n) is 31.9. The molecule has 0 radical (unpaired) electrons. The summed E-state index contributed by atoms with van der Waals surface area (Å²) in [5.41, 5.74) is 5.36. The van der Waals surface area contributed by atoms with Crippen molar-refractivity contribution in [2.75, 3.05) is 33.0 Å². The van der Waals surface area contributed by atoms with Gasteiger partial charge in [0.05, 0.1) is 19.8 Å². The molecule has 0 saturated heterocycles. The van der Waals surface area contributed by atoms with Crippen LogP contribution in [0.5, 0.6) is 0 Å². The lowest BCUT2D eigenvalue weighted by Crippen LogP contribution is -2.28. The number of hydrogen-bond donors (Lipinski definition) is 2. The average Bonchev–Trinajstić information content (AvgIpc) is 3.09. The standard InChI is InChI=1S/C40H78NO7P/c1-3-5-7-9-11-13-15-17-18-19-20-21-22-24-26-28-30-32-35-45-37-39(38-47-49(43,44)46-36-34-41)48-40(42)33-31-29-27-25-23-16-14-12-10-8-6-4-2/h12,14,17-18,39H,3-11,13,15-16,19-38,41H2,1-2H3,(H,43,44)/b14-12-,18-17-. The Balaban J connectivity index is 4.03. The zero-order valence-corrected chi connectivity index (χ0v) is 32.8. The van der Waals surface area contributed by atoms with Crippen LogP contribution in [0.4, 0.5) is 0 Å². The van der Waals surface area contributed by atoms with E-state index < -0.39 is 13.9 Å². The van der Waals surface area contributed by atoms with Gasteiger partial charge >= 0.3 is 13.8 Å². The highest BCUT2D eigenvalue weighted by atomic mass is 31.2. The second-order valence-electron chi connectivity index (χ2n) is 13.5. The minimum Gasteiger partial charge on any atom is -0.457 e. The number of nitrogens with two attached hydrogens (primary N) is 1. The van der Waals surface area contributed by atoms with Gasteiger partial charge < -0.3 is 20.1 Å². The summed E-state index contributed by atoms with van der Waals surface area (Å²) < 4.78 is 33.3. The first kappa shape index (κ1) is 48.0. The minimum atomic E-state index is -4.27. The Bertz CT molecular complexity index is 807. The monoisotopic (exact) mass is 716 g/mol. The number of carbonyl (C=O) groups excluding carboxylic acids is 1. The van der Waals surface area contributed by atoms with Gasteiger partial charge in [-0.2, -0.15) is 0 Å². The fourth-order valence-electron chi connectivity index (χ4n) is 5.57. The van der Waals surface area contributed by atoms with Crippen LogP contribution in [0.3, 0.4) is 0 Å². The molecule has 49 heavy (non-hydrogen) atoms. The Kier molecular flexibility index (Phi) is 37.4. The number of hydrogen-bond acceptors (Lipinski definition) is 7. The first-order valence-electron chi connectivity index (χ1n) is 20.3. The van der Waals surface area contributed by atoms with Crippen LogP contribution in [-0.4, -0.2) is 49.9 Å². The minimum absolute atomic E-state index is 0.0965. The maximum Gasteiger partial charge on any atom is 0.472 e. The maximum atomic E-state index is 12.5. The molecule has 0 saturated carbocycles. The van der Waals surface area contributed by atoms with Gasteiger partial charge in [0.25, 0.3) is 0 Å². The Hall–Kier alpha value is -1.02.